The van der Waals surface area contributed by atoms with Crippen molar-refractivity contribution in [3.05, 3.63) is 29.8 Å². The number of methoxy groups -OCH3 is 1. The lowest BCUT2D eigenvalue weighted by atomic mass is 10.1. The van der Waals surface area contributed by atoms with Gasteiger partial charge in [-0.3, -0.25) is 9.59 Å². The summed E-state index contributed by atoms with van der Waals surface area (Å²) in [5.74, 6) is -0.856. The molecule has 0 aromatic heterocycles. The molecule has 0 spiro atoms. The van der Waals surface area contributed by atoms with Crippen molar-refractivity contribution in [2.45, 2.75) is 6.92 Å². The summed E-state index contributed by atoms with van der Waals surface area (Å²) in [6.45, 7) is 2.02. The van der Waals surface area contributed by atoms with Crippen LogP contribution in [0, 0.1) is 5.92 Å². The van der Waals surface area contributed by atoms with Gasteiger partial charge in [0.1, 0.15) is 0 Å². The molecule has 0 saturated heterocycles. The van der Waals surface area contributed by atoms with E-state index in [1.165, 1.54) is 12.0 Å². The van der Waals surface area contributed by atoms with Crippen LogP contribution in [0.1, 0.15) is 17.3 Å². The number of carbonyl (C=O) groups is 2. The molecule has 1 amide bonds. The summed E-state index contributed by atoms with van der Waals surface area (Å²) in [7, 11) is 2.98. The molecule has 0 fully saturated rings. The number of amides is 1. The molecule has 6 heteroatoms. The smallest absolute Gasteiger partial charge is 0.310 e. The number of nitrogens with two attached hydrogens (primary N) is 1. The highest BCUT2D eigenvalue weighted by Gasteiger charge is 2.19. The first kappa shape index (κ1) is 17.2. The van der Waals surface area contributed by atoms with Crippen LogP contribution < -0.4 is 5.73 Å². The second-order valence-electron chi connectivity index (χ2n) is 4.24. The van der Waals surface area contributed by atoms with E-state index in [-0.39, 0.29) is 30.2 Å². The Morgan fingerprint density at radius 3 is 2.58 bits per heavy atom. The van der Waals surface area contributed by atoms with Crippen molar-refractivity contribution in [2.75, 3.05) is 26.4 Å². The van der Waals surface area contributed by atoms with Gasteiger partial charge in [0, 0.05) is 24.8 Å². The van der Waals surface area contributed by atoms with E-state index in [4.69, 9.17) is 5.73 Å². The van der Waals surface area contributed by atoms with E-state index in [1.54, 1.807) is 38.2 Å². The van der Waals surface area contributed by atoms with E-state index in [0.717, 1.165) is 0 Å². The fourth-order valence-electron chi connectivity index (χ4n) is 1.66. The normalized spacial score (nSPS) is 11.1. The molecule has 1 aromatic carbocycles. The van der Waals surface area contributed by atoms with Crippen molar-refractivity contribution in [3.63, 3.8) is 0 Å². The molecule has 0 radical (unpaired) electrons. The molecule has 1 rings (SSSR count). The molecule has 0 aliphatic carbocycles. The van der Waals surface area contributed by atoms with Crippen LogP contribution in [0.2, 0.25) is 0 Å². The molecule has 19 heavy (non-hydrogen) atoms. The van der Waals surface area contributed by atoms with Crippen LogP contribution in [-0.2, 0) is 9.53 Å². The second kappa shape index (κ2) is 7.63. The fourth-order valence-corrected chi connectivity index (χ4v) is 1.66. The Labute approximate surface area is 119 Å². The molecule has 0 heterocycles. The minimum Gasteiger partial charge on any atom is -0.469 e. The highest BCUT2D eigenvalue weighted by atomic mass is 35.5. The Kier molecular flexibility index (Phi) is 6.93. The number of esters is 1. The lowest BCUT2D eigenvalue weighted by Gasteiger charge is -2.20. The van der Waals surface area contributed by atoms with Crippen LogP contribution >= 0.6 is 12.4 Å². The SMILES string of the molecule is COC(=O)C(C)CN(C)C(=O)c1cccc(N)c1.Cl. The minimum absolute atomic E-state index is 0. The van der Waals surface area contributed by atoms with Gasteiger partial charge in [0.25, 0.3) is 5.91 Å². The van der Waals surface area contributed by atoms with Crippen LogP contribution in [0.15, 0.2) is 24.3 Å². The third kappa shape index (κ3) is 4.79. The minimum atomic E-state index is -0.356. The number of halogens is 1. The van der Waals surface area contributed by atoms with Gasteiger partial charge in [-0.2, -0.15) is 0 Å². The number of rotatable bonds is 4. The molecule has 1 aromatic rings. The van der Waals surface area contributed by atoms with Gasteiger partial charge in [-0.25, -0.2) is 0 Å². The molecule has 0 aliphatic rings. The maximum atomic E-state index is 12.1. The summed E-state index contributed by atoms with van der Waals surface area (Å²) in [4.78, 5) is 24.8. The average Bonchev–Trinajstić information content (AvgIpc) is 2.36. The predicted octanol–water partition coefficient (Wildman–Crippen LogP) is 1.57. The van der Waals surface area contributed by atoms with Gasteiger partial charge in [-0.15, -0.1) is 12.4 Å². The first-order valence-electron chi connectivity index (χ1n) is 5.64. The first-order chi connectivity index (χ1) is 8.45. The Hall–Kier alpha value is -1.75. The van der Waals surface area contributed by atoms with Crippen molar-refractivity contribution in [2.24, 2.45) is 5.92 Å². The van der Waals surface area contributed by atoms with Gasteiger partial charge in [0.2, 0.25) is 0 Å². The molecule has 1 unspecified atom stereocenters. The van der Waals surface area contributed by atoms with Gasteiger partial charge >= 0.3 is 5.97 Å². The quantitative estimate of drug-likeness (QED) is 0.674. The van der Waals surface area contributed by atoms with Crippen LogP contribution in [0.4, 0.5) is 5.69 Å². The summed E-state index contributed by atoms with van der Waals surface area (Å²) >= 11 is 0. The second-order valence-corrected chi connectivity index (χ2v) is 4.24. The van der Waals surface area contributed by atoms with Gasteiger partial charge < -0.3 is 15.4 Å². The number of nitrogens with zero attached hydrogens (tertiary/aromatic N) is 1. The van der Waals surface area contributed by atoms with Crippen molar-refractivity contribution >= 4 is 30.0 Å². The summed E-state index contributed by atoms with van der Waals surface area (Å²) in [6, 6.07) is 6.74. The number of nitrogen functional groups attached to an aromatic ring is 1. The Morgan fingerprint density at radius 1 is 1.42 bits per heavy atom. The van der Waals surface area contributed by atoms with Gasteiger partial charge in [0.05, 0.1) is 13.0 Å². The number of anilines is 1. The van der Waals surface area contributed by atoms with E-state index in [9.17, 15) is 9.59 Å². The Bertz CT molecular complexity index is 451. The van der Waals surface area contributed by atoms with Gasteiger partial charge in [0.15, 0.2) is 0 Å². The molecule has 2 N–H and O–H groups in total. The summed E-state index contributed by atoms with van der Waals surface area (Å²) in [6.07, 6.45) is 0. The lowest BCUT2D eigenvalue weighted by Crippen LogP contribution is -2.34. The number of ether oxygens (including phenoxy) is 1. The zero-order valence-electron chi connectivity index (χ0n) is 11.3. The molecular formula is C13H19ClN2O3. The van der Waals surface area contributed by atoms with Crippen LogP contribution in [0.25, 0.3) is 0 Å². The van der Waals surface area contributed by atoms with E-state index < -0.39 is 0 Å². The number of carbonyl (C=O) groups excluding carboxylic acids is 2. The maximum absolute atomic E-state index is 12.1. The Balaban J connectivity index is 0.00000324. The van der Waals surface area contributed by atoms with E-state index >= 15 is 0 Å². The topological polar surface area (TPSA) is 72.6 Å². The predicted molar refractivity (Wildman–Crippen MR) is 76.2 cm³/mol. The van der Waals surface area contributed by atoms with E-state index in [1.807, 2.05) is 0 Å². The molecule has 0 saturated carbocycles. The maximum Gasteiger partial charge on any atom is 0.310 e. The van der Waals surface area contributed by atoms with Crippen LogP contribution in [0.5, 0.6) is 0 Å². The van der Waals surface area contributed by atoms with Gasteiger partial charge in [-0.05, 0) is 18.2 Å². The number of hydrogen-bond acceptors (Lipinski definition) is 4. The number of hydrogen-bond donors (Lipinski definition) is 1. The summed E-state index contributed by atoms with van der Waals surface area (Å²) < 4.78 is 4.62. The highest BCUT2D eigenvalue weighted by Crippen LogP contribution is 2.10. The fraction of sp³-hybridized carbons (Fsp3) is 0.385. The molecule has 5 nitrogen and oxygen atoms in total. The molecule has 0 aliphatic heterocycles. The summed E-state index contributed by atoms with van der Waals surface area (Å²) in [5, 5.41) is 0. The third-order valence-electron chi connectivity index (χ3n) is 2.63. The first-order valence-corrected chi connectivity index (χ1v) is 5.64. The highest BCUT2D eigenvalue weighted by molar-refractivity contribution is 5.95. The summed E-state index contributed by atoms with van der Waals surface area (Å²) in [5.41, 5.74) is 6.67. The van der Waals surface area contributed by atoms with Crippen LogP contribution in [0.3, 0.4) is 0 Å². The Morgan fingerprint density at radius 2 is 2.05 bits per heavy atom. The standard InChI is InChI=1S/C13H18N2O3.ClH/c1-9(13(17)18-3)8-15(2)12(16)10-5-4-6-11(14)7-10;/h4-7,9H,8,14H2,1-3H3;1H. The number of benzene rings is 1. The molecular weight excluding hydrogens is 268 g/mol. The zero-order valence-corrected chi connectivity index (χ0v) is 12.1. The van der Waals surface area contributed by atoms with Crippen LogP contribution in [-0.4, -0.2) is 37.5 Å². The lowest BCUT2D eigenvalue weighted by molar-refractivity contribution is -0.145. The van der Waals surface area contributed by atoms with Gasteiger partial charge in [-0.1, -0.05) is 13.0 Å². The van der Waals surface area contributed by atoms with Crippen molar-refractivity contribution in [3.8, 4) is 0 Å². The van der Waals surface area contributed by atoms with Crippen molar-refractivity contribution in [1.82, 2.24) is 4.90 Å². The van der Waals surface area contributed by atoms with Crippen molar-refractivity contribution < 1.29 is 14.3 Å². The zero-order chi connectivity index (χ0) is 13.7. The van der Waals surface area contributed by atoms with E-state index in [0.29, 0.717) is 17.8 Å². The van der Waals surface area contributed by atoms with E-state index in [2.05, 4.69) is 4.74 Å². The molecule has 1 atom stereocenters. The molecule has 106 valence electrons. The monoisotopic (exact) mass is 286 g/mol. The average molecular weight is 287 g/mol. The largest absolute Gasteiger partial charge is 0.469 e. The molecule has 0 bridgehead atoms. The van der Waals surface area contributed by atoms with Crippen molar-refractivity contribution in [1.29, 1.82) is 0 Å². The third-order valence-corrected chi connectivity index (χ3v) is 2.63.